The molecular weight excluding hydrogens is 723 g/mol. The number of alkyl halides is 6. The molecule has 4 aromatic rings. The van der Waals surface area contributed by atoms with E-state index in [1.807, 2.05) is 0 Å². The molecule has 2 aromatic heterocycles. The minimum Gasteiger partial charge on any atom is -0.350 e. The number of aromatic nitrogens is 3. The second-order valence-corrected chi connectivity index (χ2v) is 13.9. The Kier molecular flexibility index (Phi) is 11.2. The van der Waals surface area contributed by atoms with Gasteiger partial charge in [0.2, 0.25) is 10.0 Å². The first-order valence-corrected chi connectivity index (χ1v) is 16.6. The third kappa shape index (κ3) is 9.59. The lowest BCUT2D eigenvalue weighted by atomic mass is 9.95. The molecule has 0 atom stereocenters. The van der Waals surface area contributed by atoms with Gasteiger partial charge in [-0.05, 0) is 86.0 Å². The highest BCUT2D eigenvalue weighted by molar-refractivity contribution is 7.88. The molecule has 4 rings (SSSR count). The number of Topliss-reactive ketones (excluding diaryl/α,β-unsaturated/α-hetero) is 1. The first kappa shape index (κ1) is 37.8. The van der Waals surface area contributed by atoms with Crippen molar-refractivity contribution in [2.24, 2.45) is 0 Å². The summed E-state index contributed by atoms with van der Waals surface area (Å²) in [5, 5.41) is 7.35. The molecule has 0 saturated heterocycles. The van der Waals surface area contributed by atoms with Gasteiger partial charge in [-0.2, -0.15) is 31.4 Å². The molecule has 1 amide bonds. The summed E-state index contributed by atoms with van der Waals surface area (Å²) in [6, 6.07) is 7.49. The Bertz CT molecular complexity index is 1980. The molecule has 0 aliphatic heterocycles. The fourth-order valence-electron chi connectivity index (χ4n) is 4.77. The molecule has 2 heterocycles. The number of pyridine rings is 1. The number of halogens is 8. The lowest BCUT2D eigenvalue weighted by molar-refractivity contribution is -0.143. The van der Waals surface area contributed by atoms with Gasteiger partial charge in [0, 0.05) is 29.2 Å². The van der Waals surface area contributed by atoms with Crippen LogP contribution in [0, 0.1) is 6.92 Å². The summed E-state index contributed by atoms with van der Waals surface area (Å²) < 4.78 is 109. The van der Waals surface area contributed by atoms with E-state index >= 15 is 0 Å². The number of sulfonamides is 1. The van der Waals surface area contributed by atoms with Crippen LogP contribution < -0.4 is 10.0 Å². The zero-order valence-electron chi connectivity index (χ0n) is 25.8. The van der Waals surface area contributed by atoms with Crippen molar-refractivity contribution < 1.29 is 44.3 Å². The summed E-state index contributed by atoms with van der Waals surface area (Å²) in [6.45, 7) is 4.55. The Labute approximate surface area is 286 Å². The Morgan fingerprint density at radius 3 is 2.16 bits per heavy atom. The Balaban J connectivity index is 1.67. The van der Waals surface area contributed by atoms with Gasteiger partial charge in [-0.15, -0.1) is 0 Å². The molecule has 9 nitrogen and oxygen atoms in total. The molecule has 0 saturated carbocycles. The molecule has 0 radical (unpaired) electrons. The van der Waals surface area contributed by atoms with Crippen molar-refractivity contribution in [3.05, 3.63) is 110 Å². The van der Waals surface area contributed by atoms with Gasteiger partial charge in [0.1, 0.15) is 5.69 Å². The lowest BCUT2D eigenvalue weighted by Gasteiger charge is -2.15. The molecule has 18 heteroatoms. The number of amides is 1. The van der Waals surface area contributed by atoms with E-state index in [4.69, 9.17) is 23.2 Å². The minimum absolute atomic E-state index is 0.00382. The molecule has 0 aliphatic carbocycles. The summed E-state index contributed by atoms with van der Waals surface area (Å²) in [5.74, 6) is -2.29. The van der Waals surface area contributed by atoms with Crippen molar-refractivity contribution in [3.63, 3.8) is 0 Å². The van der Waals surface area contributed by atoms with Crippen LogP contribution >= 0.6 is 23.2 Å². The highest BCUT2D eigenvalue weighted by atomic mass is 35.5. The van der Waals surface area contributed by atoms with Crippen LogP contribution in [-0.2, 0) is 41.1 Å². The fourth-order valence-corrected chi connectivity index (χ4v) is 6.32. The second kappa shape index (κ2) is 14.5. The average molecular weight is 751 g/mol. The molecule has 0 spiro atoms. The first-order valence-electron chi connectivity index (χ1n) is 14.2. The van der Waals surface area contributed by atoms with Gasteiger partial charge >= 0.3 is 12.4 Å². The van der Waals surface area contributed by atoms with Crippen LogP contribution in [0.5, 0.6) is 0 Å². The van der Waals surface area contributed by atoms with Crippen molar-refractivity contribution in [2.45, 2.75) is 57.9 Å². The summed E-state index contributed by atoms with van der Waals surface area (Å²) in [6.07, 6.45) is -9.30. The lowest BCUT2D eigenvalue weighted by Crippen LogP contribution is -2.31. The smallest absolute Gasteiger partial charge is 0.350 e. The van der Waals surface area contributed by atoms with Gasteiger partial charge in [-0.1, -0.05) is 23.2 Å². The third-order valence-electron chi connectivity index (χ3n) is 6.90. The van der Waals surface area contributed by atoms with Crippen LogP contribution in [0.3, 0.4) is 0 Å². The Morgan fingerprint density at radius 1 is 0.959 bits per heavy atom. The van der Waals surface area contributed by atoms with Crippen LogP contribution in [0.2, 0.25) is 10.0 Å². The van der Waals surface area contributed by atoms with E-state index in [0.29, 0.717) is 23.3 Å². The van der Waals surface area contributed by atoms with E-state index in [0.717, 1.165) is 4.68 Å². The predicted octanol–water partition coefficient (Wildman–Crippen LogP) is 7.10. The van der Waals surface area contributed by atoms with Crippen LogP contribution in [0.1, 0.15) is 68.2 Å². The summed E-state index contributed by atoms with van der Waals surface area (Å²) in [4.78, 5) is 30.9. The zero-order chi connectivity index (χ0) is 36.5. The van der Waals surface area contributed by atoms with Crippen molar-refractivity contribution in [1.29, 1.82) is 0 Å². The van der Waals surface area contributed by atoms with Crippen molar-refractivity contribution in [3.8, 4) is 5.82 Å². The van der Waals surface area contributed by atoms with Gasteiger partial charge in [-0.3, -0.25) is 9.59 Å². The van der Waals surface area contributed by atoms with Gasteiger partial charge in [0.25, 0.3) is 5.91 Å². The SMILES string of the molecule is Cc1cc(Cl)cc(C(=O)NC(C)C)c1CC(=O)c1cc(CNS(=O)(=O)Cc2cc(C(F)(F)F)cc(C(F)(F)F)c2)nn1-c1ncccc1Cl. The fraction of sp³-hybridized carbons (Fsp3) is 0.290. The molecular formula is C31H27Cl2F6N5O4S. The average Bonchev–Trinajstić information content (AvgIpc) is 3.40. The van der Waals surface area contributed by atoms with Crippen LogP contribution in [0.25, 0.3) is 5.82 Å². The minimum atomic E-state index is -5.17. The van der Waals surface area contributed by atoms with Crippen LogP contribution in [-0.4, -0.2) is 40.9 Å². The third-order valence-corrected chi connectivity index (χ3v) is 8.71. The van der Waals surface area contributed by atoms with Crippen LogP contribution in [0.15, 0.2) is 54.7 Å². The largest absolute Gasteiger partial charge is 0.416 e. The molecule has 2 aromatic carbocycles. The molecule has 0 aliphatic rings. The number of hydrogen-bond acceptors (Lipinski definition) is 6. The van der Waals surface area contributed by atoms with Gasteiger partial charge in [-0.25, -0.2) is 22.8 Å². The first-order chi connectivity index (χ1) is 22.6. The van der Waals surface area contributed by atoms with E-state index in [2.05, 4.69) is 20.1 Å². The molecule has 2 N–H and O–H groups in total. The summed E-state index contributed by atoms with van der Waals surface area (Å²) >= 11 is 12.5. The number of ketones is 1. The molecule has 49 heavy (non-hydrogen) atoms. The highest BCUT2D eigenvalue weighted by Gasteiger charge is 2.37. The summed E-state index contributed by atoms with van der Waals surface area (Å²) in [7, 11) is -4.55. The maximum Gasteiger partial charge on any atom is 0.416 e. The van der Waals surface area contributed by atoms with E-state index in [9.17, 15) is 44.3 Å². The normalized spacial score (nSPS) is 12.4. The number of benzene rings is 2. The molecule has 0 fully saturated rings. The van der Waals surface area contributed by atoms with Gasteiger partial charge < -0.3 is 5.32 Å². The van der Waals surface area contributed by atoms with E-state index in [1.54, 1.807) is 26.8 Å². The maximum absolute atomic E-state index is 13.8. The van der Waals surface area contributed by atoms with E-state index in [-0.39, 0.29) is 51.3 Å². The Hall–Kier alpha value is -3.99. The quantitative estimate of drug-likeness (QED) is 0.125. The monoisotopic (exact) mass is 749 g/mol. The van der Waals surface area contributed by atoms with Gasteiger partial charge in [0.15, 0.2) is 11.6 Å². The van der Waals surface area contributed by atoms with Crippen molar-refractivity contribution in [1.82, 2.24) is 24.8 Å². The number of nitrogens with zero attached hydrogens (tertiary/aromatic N) is 3. The van der Waals surface area contributed by atoms with Crippen molar-refractivity contribution in [2.75, 3.05) is 0 Å². The van der Waals surface area contributed by atoms with E-state index in [1.165, 1.54) is 30.5 Å². The topological polar surface area (TPSA) is 123 Å². The Morgan fingerprint density at radius 2 is 1.59 bits per heavy atom. The number of nitrogens with one attached hydrogen (secondary N) is 2. The number of carbonyl (C=O) groups excluding carboxylic acids is 2. The molecule has 0 bridgehead atoms. The highest BCUT2D eigenvalue weighted by Crippen LogP contribution is 2.36. The zero-order valence-corrected chi connectivity index (χ0v) is 28.1. The summed E-state index contributed by atoms with van der Waals surface area (Å²) in [5.41, 5.74) is -3.23. The number of rotatable bonds is 11. The standard InChI is InChI=1S/C31H27Cl2F6N5O4S/c1-16(2)42-29(46)24-11-21(32)7-17(3)23(24)13-27(45)26-12-22(43-44(26)28-25(33)5-4-6-40-28)14-41-49(47,48)15-18-8-19(30(34,35)36)10-20(9-18)31(37,38)39/h4-12,16,41H,13-15H2,1-3H3,(H,42,46). The molecule has 262 valence electrons. The number of aryl methyl sites for hydroxylation is 1. The maximum atomic E-state index is 13.8. The van der Waals surface area contributed by atoms with E-state index < -0.39 is 63.1 Å². The molecule has 0 unspecified atom stereocenters. The van der Waals surface area contributed by atoms with Crippen LogP contribution in [0.4, 0.5) is 26.3 Å². The van der Waals surface area contributed by atoms with Crippen molar-refractivity contribution >= 4 is 44.9 Å². The predicted molar refractivity (Wildman–Crippen MR) is 169 cm³/mol. The van der Waals surface area contributed by atoms with Gasteiger partial charge in [0.05, 0.1) is 34.1 Å². The number of carbonyl (C=O) groups is 2. The number of hydrogen-bond donors (Lipinski definition) is 2. The second-order valence-electron chi connectivity index (χ2n) is 11.2.